The summed E-state index contributed by atoms with van der Waals surface area (Å²) < 4.78 is 0. The topological polar surface area (TPSA) is 65.2 Å². The first-order valence-electron chi connectivity index (χ1n) is 5.33. The van der Waals surface area contributed by atoms with Crippen molar-refractivity contribution in [2.24, 2.45) is 0 Å². The molecular weight excluding hydrogens is 180 g/mol. The molecule has 2 unspecified atom stereocenters. The van der Waals surface area contributed by atoms with Crippen molar-refractivity contribution >= 4 is 6.03 Å². The summed E-state index contributed by atoms with van der Waals surface area (Å²) in [6.07, 6.45) is 2.08. The Balaban J connectivity index is 1.66. The van der Waals surface area contributed by atoms with Crippen LogP contribution < -0.4 is 21.3 Å². The number of hydrogen-bond acceptors (Lipinski definition) is 3. The van der Waals surface area contributed by atoms with Crippen LogP contribution in [0, 0.1) is 0 Å². The number of nitrogens with one attached hydrogen (secondary N) is 4. The van der Waals surface area contributed by atoms with Crippen LogP contribution in [0.3, 0.4) is 0 Å². The predicted molar refractivity (Wildman–Crippen MR) is 54.2 cm³/mol. The molecule has 2 aliphatic heterocycles. The molecule has 5 nitrogen and oxygen atoms in total. The second kappa shape index (κ2) is 4.61. The average molecular weight is 198 g/mol. The molecule has 2 amide bonds. The highest BCUT2D eigenvalue weighted by atomic mass is 16.2. The van der Waals surface area contributed by atoms with Gasteiger partial charge in [0.15, 0.2) is 0 Å². The first-order valence-corrected chi connectivity index (χ1v) is 5.33. The van der Waals surface area contributed by atoms with Crippen LogP contribution in [-0.2, 0) is 0 Å². The van der Waals surface area contributed by atoms with Crippen molar-refractivity contribution < 1.29 is 4.79 Å². The van der Waals surface area contributed by atoms with Gasteiger partial charge in [0.1, 0.15) is 0 Å². The van der Waals surface area contributed by atoms with Gasteiger partial charge in [0, 0.05) is 25.2 Å². The minimum Gasteiger partial charge on any atom is -0.334 e. The Labute approximate surface area is 84.0 Å². The van der Waals surface area contributed by atoms with E-state index in [1.54, 1.807) is 0 Å². The summed E-state index contributed by atoms with van der Waals surface area (Å²) >= 11 is 0. The summed E-state index contributed by atoms with van der Waals surface area (Å²) in [5.74, 6) is 0. The lowest BCUT2D eigenvalue weighted by atomic mass is 10.2. The summed E-state index contributed by atoms with van der Waals surface area (Å²) in [5.41, 5.74) is 0. The Morgan fingerprint density at radius 1 is 1.00 bits per heavy atom. The molecule has 2 saturated heterocycles. The van der Waals surface area contributed by atoms with E-state index in [4.69, 9.17) is 0 Å². The third-order valence-corrected chi connectivity index (χ3v) is 2.79. The molecule has 0 aromatic rings. The smallest absolute Gasteiger partial charge is 0.315 e. The standard InChI is InChI=1S/C9H18N4O/c14-9(12-7-1-3-10-5-7)13-8-2-4-11-6-8/h7-8,10-11H,1-6H2,(H2,12,13,14). The summed E-state index contributed by atoms with van der Waals surface area (Å²) in [6.45, 7) is 3.82. The zero-order valence-corrected chi connectivity index (χ0v) is 8.31. The van der Waals surface area contributed by atoms with Crippen molar-refractivity contribution in [1.82, 2.24) is 21.3 Å². The fourth-order valence-electron chi connectivity index (χ4n) is 1.97. The predicted octanol–water partition coefficient (Wildman–Crippen LogP) is -0.991. The molecule has 2 rings (SSSR count). The van der Waals surface area contributed by atoms with Gasteiger partial charge in [0.25, 0.3) is 0 Å². The maximum Gasteiger partial charge on any atom is 0.315 e. The molecule has 2 atom stereocenters. The van der Waals surface area contributed by atoms with Crippen molar-refractivity contribution in [1.29, 1.82) is 0 Å². The molecule has 2 aliphatic rings. The van der Waals surface area contributed by atoms with Crippen LogP contribution in [0.2, 0.25) is 0 Å². The summed E-state index contributed by atoms with van der Waals surface area (Å²) in [4.78, 5) is 11.5. The maximum atomic E-state index is 11.5. The van der Waals surface area contributed by atoms with Crippen molar-refractivity contribution in [2.45, 2.75) is 24.9 Å². The summed E-state index contributed by atoms with van der Waals surface area (Å²) in [6, 6.07) is 0.598. The third kappa shape index (κ3) is 2.59. The molecule has 0 spiro atoms. The van der Waals surface area contributed by atoms with E-state index in [0.717, 1.165) is 39.0 Å². The maximum absolute atomic E-state index is 11.5. The summed E-state index contributed by atoms with van der Waals surface area (Å²) in [7, 11) is 0. The number of carbonyl (C=O) groups excluding carboxylic acids is 1. The second-order valence-corrected chi connectivity index (χ2v) is 4.00. The minimum absolute atomic E-state index is 0.0209. The van der Waals surface area contributed by atoms with Gasteiger partial charge in [-0.2, -0.15) is 0 Å². The van der Waals surface area contributed by atoms with E-state index in [-0.39, 0.29) is 6.03 Å². The monoisotopic (exact) mass is 198 g/mol. The minimum atomic E-state index is -0.0209. The lowest BCUT2D eigenvalue weighted by molar-refractivity contribution is 0.234. The van der Waals surface area contributed by atoms with Crippen molar-refractivity contribution in [3.8, 4) is 0 Å². The number of hydrogen-bond donors (Lipinski definition) is 4. The van der Waals surface area contributed by atoms with Gasteiger partial charge in [0.05, 0.1) is 0 Å². The first-order chi connectivity index (χ1) is 6.84. The molecule has 14 heavy (non-hydrogen) atoms. The van der Waals surface area contributed by atoms with Gasteiger partial charge < -0.3 is 21.3 Å². The van der Waals surface area contributed by atoms with Gasteiger partial charge in [-0.3, -0.25) is 0 Å². The Morgan fingerprint density at radius 2 is 1.50 bits per heavy atom. The number of amides is 2. The Kier molecular flexibility index (Phi) is 3.21. The molecule has 0 bridgehead atoms. The van der Waals surface area contributed by atoms with E-state index in [2.05, 4.69) is 21.3 Å². The molecule has 5 heteroatoms. The molecule has 0 aromatic heterocycles. The van der Waals surface area contributed by atoms with Crippen LogP contribution in [0.5, 0.6) is 0 Å². The van der Waals surface area contributed by atoms with Crippen molar-refractivity contribution in [3.05, 3.63) is 0 Å². The summed E-state index contributed by atoms with van der Waals surface area (Å²) in [5, 5.41) is 12.4. The zero-order chi connectivity index (χ0) is 9.80. The lowest BCUT2D eigenvalue weighted by Crippen LogP contribution is -2.47. The Bertz CT molecular complexity index is 177. The van der Waals surface area contributed by atoms with E-state index in [0.29, 0.717) is 12.1 Å². The fraction of sp³-hybridized carbons (Fsp3) is 0.889. The van der Waals surface area contributed by atoms with E-state index in [9.17, 15) is 4.79 Å². The van der Waals surface area contributed by atoms with Crippen molar-refractivity contribution in [3.63, 3.8) is 0 Å². The molecule has 0 saturated carbocycles. The molecule has 0 aliphatic carbocycles. The van der Waals surface area contributed by atoms with Crippen molar-refractivity contribution in [2.75, 3.05) is 26.2 Å². The average Bonchev–Trinajstić information content (AvgIpc) is 2.76. The van der Waals surface area contributed by atoms with Gasteiger partial charge in [-0.1, -0.05) is 0 Å². The van der Waals surface area contributed by atoms with Gasteiger partial charge in [-0.15, -0.1) is 0 Å². The van der Waals surface area contributed by atoms with Crippen LogP contribution in [0.15, 0.2) is 0 Å². The fourth-order valence-corrected chi connectivity index (χ4v) is 1.97. The van der Waals surface area contributed by atoms with E-state index < -0.39 is 0 Å². The molecular formula is C9H18N4O. The normalized spacial score (nSPS) is 31.7. The largest absolute Gasteiger partial charge is 0.334 e. The number of carbonyl (C=O) groups is 1. The van der Waals surface area contributed by atoms with Crippen LogP contribution >= 0.6 is 0 Å². The highest BCUT2D eigenvalue weighted by Crippen LogP contribution is 1.99. The van der Waals surface area contributed by atoms with Gasteiger partial charge in [-0.05, 0) is 25.9 Å². The van der Waals surface area contributed by atoms with E-state index >= 15 is 0 Å². The first kappa shape index (κ1) is 9.73. The SMILES string of the molecule is O=C(NC1CCNC1)NC1CCNC1. The van der Waals surface area contributed by atoms with Crippen LogP contribution in [-0.4, -0.2) is 44.3 Å². The molecule has 80 valence electrons. The Hall–Kier alpha value is -0.810. The van der Waals surface area contributed by atoms with Crippen LogP contribution in [0.1, 0.15) is 12.8 Å². The lowest BCUT2D eigenvalue weighted by Gasteiger charge is -2.15. The van der Waals surface area contributed by atoms with Gasteiger partial charge >= 0.3 is 6.03 Å². The molecule has 2 fully saturated rings. The van der Waals surface area contributed by atoms with Crippen LogP contribution in [0.4, 0.5) is 4.79 Å². The zero-order valence-electron chi connectivity index (χ0n) is 8.31. The molecule has 0 aromatic carbocycles. The highest BCUT2D eigenvalue weighted by molar-refractivity contribution is 5.74. The molecule has 4 N–H and O–H groups in total. The number of rotatable bonds is 2. The quantitative estimate of drug-likeness (QED) is 0.460. The Morgan fingerprint density at radius 3 is 1.86 bits per heavy atom. The second-order valence-electron chi connectivity index (χ2n) is 4.00. The molecule has 0 radical (unpaired) electrons. The van der Waals surface area contributed by atoms with Gasteiger partial charge in [-0.25, -0.2) is 4.79 Å². The highest BCUT2D eigenvalue weighted by Gasteiger charge is 2.20. The third-order valence-electron chi connectivity index (χ3n) is 2.79. The van der Waals surface area contributed by atoms with E-state index in [1.165, 1.54) is 0 Å². The van der Waals surface area contributed by atoms with E-state index in [1.807, 2.05) is 0 Å². The molecule has 2 heterocycles. The number of urea groups is 1. The van der Waals surface area contributed by atoms with Gasteiger partial charge in [0.2, 0.25) is 0 Å². The van der Waals surface area contributed by atoms with Crippen LogP contribution in [0.25, 0.3) is 0 Å².